The minimum atomic E-state index is 0.410. The quantitative estimate of drug-likeness (QED) is 0.710. The van der Waals surface area contributed by atoms with E-state index in [0.717, 1.165) is 17.9 Å². The summed E-state index contributed by atoms with van der Waals surface area (Å²) in [5, 5.41) is 10.6. The summed E-state index contributed by atoms with van der Waals surface area (Å²) in [6, 6.07) is 2.08. The highest BCUT2D eigenvalue weighted by atomic mass is 15.1. The van der Waals surface area contributed by atoms with Crippen molar-refractivity contribution in [3.8, 4) is 0 Å². The molecular weight excluding hydrogens is 150 g/mol. The normalized spacial score (nSPS) is 19.5. The zero-order valence-electron chi connectivity index (χ0n) is 7.65. The number of rotatable bonds is 3. The maximum atomic E-state index is 4.16. The Bertz CT molecular complexity index is 273. The van der Waals surface area contributed by atoms with Gasteiger partial charge in [0, 0.05) is 17.8 Å². The van der Waals surface area contributed by atoms with E-state index in [1.165, 1.54) is 12.8 Å². The minimum absolute atomic E-state index is 0.410. The maximum Gasteiger partial charge on any atom is 0.0762 e. The Morgan fingerprint density at radius 2 is 2.42 bits per heavy atom. The summed E-state index contributed by atoms with van der Waals surface area (Å²) in [5.74, 6) is 0. The van der Waals surface area contributed by atoms with Crippen LogP contribution in [0.15, 0.2) is 6.07 Å². The monoisotopic (exact) mass is 165 g/mol. The van der Waals surface area contributed by atoms with Gasteiger partial charge in [-0.15, -0.1) is 0 Å². The van der Waals surface area contributed by atoms with Crippen molar-refractivity contribution in [1.29, 1.82) is 0 Å². The largest absolute Gasteiger partial charge is 0.306 e. The Morgan fingerprint density at radius 3 is 2.92 bits per heavy atom. The van der Waals surface area contributed by atoms with Crippen molar-refractivity contribution in [1.82, 2.24) is 15.5 Å². The Labute approximate surface area is 72.6 Å². The maximum absolute atomic E-state index is 4.16. The lowest BCUT2D eigenvalue weighted by atomic mass is 10.3. The third kappa shape index (κ3) is 1.67. The molecule has 3 heteroatoms. The molecule has 2 N–H and O–H groups in total. The number of aromatic amines is 1. The van der Waals surface area contributed by atoms with Crippen LogP contribution in [0.25, 0.3) is 0 Å². The average Bonchev–Trinajstić information content (AvgIpc) is 2.60. The standard InChI is InChI=1S/C9H15N3/c1-7-5-8(12-11-7)6-10-9(2)3-4-9/h5,10H,3-4,6H2,1-2H3,(H,11,12). The predicted molar refractivity (Wildman–Crippen MR) is 47.8 cm³/mol. The number of H-pyrrole nitrogens is 1. The van der Waals surface area contributed by atoms with Gasteiger partial charge in [0.2, 0.25) is 0 Å². The van der Waals surface area contributed by atoms with Crippen LogP contribution in [0.2, 0.25) is 0 Å². The second-order valence-corrected chi connectivity index (χ2v) is 3.96. The number of hydrogen-bond donors (Lipinski definition) is 2. The molecule has 66 valence electrons. The van der Waals surface area contributed by atoms with Crippen LogP contribution >= 0.6 is 0 Å². The minimum Gasteiger partial charge on any atom is -0.306 e. The van der Waals surface area contributed by atoms with Crippen molar-refractivity contribution in [2.45, 2.75) is 38.8 Å². The molecule has 1 aliphatic rings. The van der Waals surface area contributed by atoms with Crippen molar-refractivity contribution >= 4 is 0 Å². The predicted octanol–water partition coefficient (Wildman–Crippen LogP) is 1.36. The molecule has 1 aromatic heterocycles. The second-order valence-electron chi connectivity index (χ2n) is 3.96. The molecule has 1 aromatic rings. The third-order valence-electron chi connectivity index (χ3n) is 2.46. The lowest BCUT2D eigenvalue weighted by Crippen LogP contribution is -2.27. The molecule has 0 spiro atoms. The molecule has 0 aliphatic heterocycles. The molecule has 0 amide bonds. The van der Waals surface area contributed by atoms with Crippen LogP contribution in [0.5, 0.6) is 0 Å². The molecule has 12 heavy (non-hydrogen) atoms. The molecule has 0 unspecified atom stereocenters. The lowest BCUT2D eigenvalue weighted by molar-refractivity contribution is 0.531. The van der Waals surface area contributed by atoms with Crippen LogP contribution in [0.3, 0.4) is 0 Å². The summed E-state index contributed by atoms with van der Waals surface area (Å²) in [6.07, 6.45) is 2.60. The molecule has 0 radical (unpaired) electrons. The van der Waals surface area contributed by atoms with E-state index in [4.69, 9.17) is 0 Å². The van der Waals surface area contributed by atoms with Gasteiger partial charge in [0.1, 0.15) is 0 Å². The van der Waals surface area contributed by atoms with E-state index in [-0.39, 0.29) is 0 Å². The molecule has 2 rings (SSSR count). The summed E-state index contributed by atoms with van der Waals surface area (Å²) in [6.45, 7) is 5.17. The molecule has 1 aliphatic carbocycles. The van der Waals surface area contributed by atoms with Gasteiger partial charge in [-0.2, -0.15) is 5.10 Å². The summed E-state index contributed by atoms with van der Waals surface area (Å²) in [5.41, 5.74) is 2.65. The summed E-state index contributed by atoms with van der Waals surface area (Å²) in [4.78, 5) is 0. The Kier molecular flexibility index (Phi) is 1.68. The van der Waals surface area contributed by atoms with E-state index in [9.17, 15) is 0 Å². The number of aryl methyl sites for hydroxylation is 1. The van der Waals surface area contributed by atoms with Crippen LogP contribution in [0, 0.1) is 6.92 Å². The fourth-order valence-corrected chi connectivity index (χ4v) is 1.23. The van der Waals surface area contributed by atoms with Crippen molar-refractivity contribution in [2.75, 3.05) is 0 Å². The van der Waals surface area contributed by atoms with Crippen LogP contribution in [0.4, 0.5) is 0 Å². The molecule has 3 nitrogen and oxygen atoms in total. The molecule has 0 aromatic carbocycles. The Balaban J connectivity index is 1.87. The number of aromatic nitrogens is 2. The number of hydrogen-bond acceptors (Lipinski definition) is 2. The molecule has 1 fully saturated rings. The van der Waals surface area contributed by atoms with Crippen molar-refractivity contribution in [2.24, 2.45) is 0 Å². The van der Waals surface area contributed by atoms with E-state index in [1.807, 2.05) is 6.92 Å². The third-order valence-corrected chi connectivity index (χ3v) is 2.46. The van der Waals surface area contributed by atoms with Gasteiger partial charge >= 0.3 is 0 Å². The fraction of sp³-hybridized carbons (Fsp3) is 0.667. The van der Waals surface area contributed by atoms with Gasteiger partial charge < -0.3 is 5.32 Å². The Hall–Kier alpha value is -0.830. The molecular formula is C9H15N3. The van der Waals surface area contributed by atoms with E-state index >= 15 is 0 Å². The van der Waals surface area contributed by atoms with Gasteiger partial charge in [0.05, 0.1) is 5.69 Å². The number of nitrogens with one attached hydrogen (secondary N) is 2. The highest BCUT2D eigenvalue weighted by molar-refractivity contribution is 5.08. The fourth-order valence-electron chi connectivity index (χ4n) is 1.23. The van der Waals surface area contributed by atoms with E-state index < -0.39 is 0 Å². The van der Waals surface area contributed by atoms with Gasteiger partial charge in [-0.25, -0.2) is 0 Å². The van der Waals surface area contributed by atoms with Crippen LogP contribution < -0.4 is 5.32 Å². The smallest absolute Gasteiger partial charge is 0.0762 e. The van der Waals surface area contributed by atoms with Crippen LogP contribution in [-0.4, -0.2) is 15.7 Å². The van der Waals surface area contributed by atoms with Gasteiger partial charge in [-0.3, -0.25) is 5.10 Å². The summed E-state index contributed by atoms with van der Waals surface area (Å²) >= 11 is 0. The molecule has 1 saturated carbocycles. The highest BCUT2D eigenvalue weighted by Crippen LogP contribution is 2.34. The first-order valence-electron chi connectivity index (χ1n) is 4.44. The van der Waals surface area contributed by atoms with Crippen LogP contribution in [-0.2, 0) is 6.54 Å². The van der Waals surface area contributed by atoms with Gasteiger partial charge in [-0.1, -0.05) is 0 Å². The topological polar surface area (TPSA) is 40.7 Å². The highest BCUT2D eigenvalue weighted by Gasteiger charge is 2.36. The van der Waals surface area contributed by atoms with Gasteiger partial charge in [-0.05, 0) is 32.8 Å². The van der Waals surface area contributed by atoms with Gasteiger partial charge in [0.25, 0.3) is 0 Å². The number of nitrogens with zero attached hydrogens (tertiary/aromatic N) is 1. The molecule has 0 saturated heterocycles. The average molecular weight is 165 g/mol. The van der Waals surface area contributed by atoms with Crippen molar-refractivity contribution < 1.29 is 0 Å². The molecule has 0 bridgehead atoms. The first-order valence-corrected chi connectivity index (χ1v) is 4.44. The first kappa shape index (κ1) is 7.80. The Morgan fingerprint density at radius 1 is 1.67 bits per heavy atom. The van der Waals surface area contributed by atoms with E-state index in [1.54, 1.807) is 0 Å². The van der Waals surface area contributed by atoms with E-state index in [2.05, 4.69) is 28.5 Å². The van der Waals surface area contributed by atoms with Crippen LogP contribution in [0.1, 0.15) is 31.2 Å². The second kappa shape index (κ2) is 2.59. The molecule has 1 heterocycles. The van der Waals surface area contributed by atoms with Gasteiger partial charge in [0.15, 0.2) is 0 Å². The lowest BCUT2D eigenvalue weighted by Gasteiger charge is -2.08. The van der Waals surface area contributed by atoms with E-state index in [0.29, 0.717) is 5.54 Å². The van der Waals surface area contributed by atoms with Crippen molar-refractivity contribution in [3.63, 3.8) is 0 Å². The van der Waals surface area contributed by atoms with Crippen molar-refractivity contribution in [3.05, 3.63) is 17.5 Å². The SMILES string of the molecule is Cc1cc(CNC2(C)CC2)n[nH]1. The molecule has 0 atom stereocenters. The zero-order valence-corrected chi connectivity index (χ0v) is 7.65. The summed E-state index contributed by atoms with van der Waals surface area (Å²) < 4.78 is 0. The summed E-state index contributed by atoms with van der Waals surface area (Å²) in [7, 11) is 0. The zero-order chi connectivity index (χ0) is 8.60. The first-order chi connectivity index (χ1) is 5.68.